The lowest BCUT2D eigenvalue weighted by Crippen LogP contribution is -1.94. The van der Waals surface area contributed by atoms with E-state index >= 15 is 0 Å². The topological polar surface area (TPSA) is 21.3 Å². The number of ether oxygens (including phenoxy) is 1. The first-order valence-electron chi connectivity index (χ1n) is 4.61. The summed E-state index contributed by atoms with van der Waals surface area (Å²) in [6.45, 7) is 6.03. The summed E-state index contributed by atoms with van der Waals surface area (Å²) in [7, 11) is 3.57. The molecule has 0 saturated carbocycles. The summed E-state index contributed by atoms with van der Waals surface area (Å²) in [4.78, 5) is 0. The third-order valence-electron chi connectivity index (χ3n) is 1.69. The smallest absolute Gasteiger partial charge is 0.144 e. The lowest BCUT2D eigenvalue weighted by atomic mass is 10.2. The highest BCUT2D eigenvalue weighted by molar-refractivity contribution is 5.59. The highest BCUT2D eigenvalue weighted by atomic mass is 16.5. The molecule has 1 aromatic rings. The lowest BCUT2D eigenvalue weighted by Gasteiger charge is -2.09. The average molecular weight is 181 g/mol. The van der Waals surface area contributed by atoms with E-state index in [1.54, 1.807) is 7.11 Å². The Morgan fingerprint density at radius 1 is 1.23 bits per heavy atom. The predicted molar refractivity (Wildman–Crippen MR) is 58.6 cm³/mol. The zero-order valence-electron chi connectivity index (χ0n) is 9.14. The fourth-order valence-electron chi connectivity index (χ4n) is 1.12. The number of hydrogen-bond donors (Lipinski definition) is 1. The van der Waals surface area contributed by atoms with E-state index in [9.17, 15) is 0 Å². The Hall–Kier alpha value is -1.18. The molecule has 0 aromatic heterocycles. The Morgan fingerprint density at radius 3 is 2.23 bits per heavy atom. The zero-order chi connectivity index (χ0) is 10.3. The summed E-state index contributed by atoms with van der Waals surface area (Å²) >= 11 is 0. The molecule has 0 unspecified atom stereocenters. The number of hydrogen-bond acceptors (Lipinski definition) is 2. The standard InChI is InChI=1S/C9H13NO.C2H6/c1-7-5-4-6-8(10-2)9(7)11-3;1-2/h4-6,10H,1-3H3;1-2H3. The Bertz CT molecular complexity index is 246. The molecule has 0 amide bonds. The second kappa shape index (κ2) is 6.35. The number of para-hydroxylation sites is 1. The van der Waals surface area contributed by atoms with Crippen molar-refractivity contribution < 1.29 is 4.74 Å². The molecule has 2 nitrogen and oxygen atoms in total. The van der Waals surface area contributed by atoms with Gasteiger partial charge in [-0.25, -0.2) is 0 Å². The van der Waals surface area contributed by atoms with Gasteiger partial charge in [0.2, 0.25) is 0 Å². The summed E-state index contributed by atoms with van der Waals surface area (Å²) in [6, 6.07) is 6.02. The second-order valence-corrected chi connectivity index (χ2v) is 2.41. The average Bonchev–Trinajstić information content (AvgIpc) is 2.20. The predicted octanol–water partition coefficient (Wildman–Crippen LogP) is 3.07. The molecule has 74 valence electrons. The summed E-state index contributed by atoms with van der Waals surface area (Å²) in [6.07, 6.45) is 0. The Balaban J connectivity index is 0.000000671. The molecule has 0 spiro atoms. The SMILES string of the molecule is CC.CNc1cccc(C)c1OC. The molecule has 1 N–H and O–H groups in total. The molecular weight excluding hydrogens is 162 g/mol. The molecule has 0 bridgehead atoms. The number of methoxy groups -OCH3 is 1. The maximum absolute atomic E-state index is 5.20. The third kappa shape index (κ3) is 2.98. The maximum atomic E-state index is 5.20. The third-order valence-corrected chi connectivity index (χ3v) is 1.69. The fraction of sp³-hybridized carbons (Fsp3) is 0.455. The van der Waals surface area contributed by atoms with Crippen molar-refractivity contribution in [1.29, 1.82) is 0 Å². The van der Waals surface area contributed by atoms with Crippen LogP contribution in [0.2, 0.25) is 0 Å². The molecule has 0 aliphatic carbocycles. The first-order chi connectivity index (χ1) is 6.29. The van der Waals surface area contributed by atoms with E-state index in [1.165, 1.54) is 0 Å². The van der Waals surface area contributed by atoms with Crippen LogP contribution in [0.15, 0.2) is 18.2 Å². The number of benzene rings is 1. The summed E-state index contributed by atoms with van der Waals surface area (Å²) in [5, 5.41) is 3.06. The van der Waals surface area contributed by atoms with Gasteiger partial charge in [-0.2, -0.15) is 0 Å². The van der Waals surface area contributed by atoms with Crippen molar-refractivity contribution in [2.24, 2.45) is 0 Å². The van der Waals surface area contributed by atoms with Crippen molar-refractivity contribution in [2.45, 2.75) is 20.8 Å². The van der Waals surface area contributed by atoms with Crippen LogP contribution in [0.1, 0.15) is 19.4 Å². The van der Waals surface area contributed by atoms with Gasteiger partial charge in [0.15, 0.2) is 0 Å². The van der Waals surface area contributed by atoms with Crippen LogP contribution >= 0.6 is 0 Å². The monoisotopic (exact) mass is 181 g/mol. The molecule has 0 aliphatic rings. The molecule has 13 heavy (non-hydrogen) atoms. The first-order valence-corrected chi connectivity index (χ1v) is 4.61. The van der Waals surface area contributed by atoms with Crippen LogP contribution in [0.25, 0.3) is 0 Å². The second-order valence-electron chi connectivity index (χ2n) is 2.41. The van der Waals surface area contributed by atoms with Gasteiger partial charge in [0, 0.05) is 7.05 Å². The largest absolute Gasteiger partial charge is 0.494 e. The Labute approximate surface area is 80.9 Å². The van der Waals surface area contributed by atoms with Crippen molar-refractivity contribution >= 4 is 5.69 Å². The van der Waals surface area contributed by atoms with Crippen molar-refractivity contribution in [3.8, 4) is 5.75 Å². The number of anilines is 1. The Morgan fingerprint density at radius 2 is 1.85 bits per heavy atom. The van der Waals surface area contributed by atoms with Crippen LogP contribution in [0, 0.1) is 6.92 Å². The number of nitrogens with one attached hydrogen (secondary N) is 1. The molecule has 0 aliphatic heterocycles. The number of rotatable bonds is 2. The minimum absolute atomic E-state index is 0.926. The molecule has 0 fully saturated rings. The van der Waals surface area contributed by atoms with E-state index in [4.69, 9.17) is 4.74 Å². The normalized spacial score (nSPS) is 8.38. The summed E-state index contributed by atoms with van der Waals surface area (Å²) < 4.78 is 5.20. The van der Waals surface area contributed by atoms with Crippen LogP contribution in [-0.2, 0) is 0 Å². The molecule has 0 radical (unpaired) electrons. The molecule has 0 atom stereocenters. The van der Waals surface area contributed by atoms with Gasteiger partial charge in [-0.05, 0) is 18.6 Å². The molecular formula is C11H19NO. The molecule has 0 saturated heterocycles. The van der Waals surface area contributed by atoms with Gasteiger partial charge in [0.1, 0.15) is 5.75 Å². The lowest BCUT2D eigenvalue weighted by molar-refractivity contribution is 0.413. The van der Waals surface area contributed by atoms with Gasteiger partial charge in [0.25, 0.3) is 0 Å². The van der Waals surface area contributed by atoms with Gasteiger partial charge in [-0.1, -0.05) is 26.0 Å². The minimum atomic E-state index is 0.926. The van der Waals surface area contributed by atoms with Gasteiger partial charge < -0.3 is 10.1 Å². The molecule has 1 rings (SSSR count). The first kappa shape index (κ1) is 11.8. The van der Waals surface area contributed by atoms with E-state index in [0.717, 1.165) is 17.0 Å². The van der Waals surface area contributed by atoms with E-state index in [0.29, 0.717) is 0 Å². The van der Waals surface area contributed by atoms with Crippen LogP contribution < -0.4 is 10.1 Å². The maximum Gasteiger partial charge on any atom is 0.144 e. The summed E-state index contributed by atoms with van der Waals surface area (Å²) in [5.74, 6) is 0.926. The Kier molecular flexibility index (Phi) is 5.77. The van der Waals surface area contributed by atoms with E-state index in [1.807, 2.05) is 46.0 Å². The van der Waals surface area contributed by atoms with Crippen LogP contribution in [0.3, 0.4) is 0 Å². The summed E-state index contributed by atoms with van der Waals surface area (Å²) in [5.41, 5.74) is 2.19. The van der Waals surface area contributed by atoms with Gasteiger partial charge in [0.05, 0.1) is 12.8 Å². The van der Waals surface area contributed by atoms with Crippen molar-refractivity contribution in [3.05, 3.63) is 23.8 Å². The van der Waals surface area contributed by atoms with Crippen LogP contribution in [0.5, 0.6) is 5.75 Å². The van der Waals surface area contributed by atoms with Gasteiger partial charge >= 0.3 is 0 Å². The van der Waals surface area contributed by atoms with Crippen LogP contribution in [0.4, 0.5) is 5.69 Å². The highest BCUT2D eigenvalue weighted by Crippen LogP contribution is 2.26. The van der Waals surface area contributed by atoms with Crippen molar-refractivity contribution in [2.75, 3.05) is 19.5 Å². The zero-order valence-corrected chi connectivity index (χ0v) is 9.14. The quantitative estimate of drug-likeness (QED) is 0.757. The van der Waals surface area contributed by atoms with Crippen molar-refractivity contribution in [1.82, 2.24) is 0 Å². The van der Waals surface area contributed by atoms with Crippen LogP contribution in [-0.4, -0.2) is 14.2 Å². The van der Waals surface area contributed by atoms with E-state index in [2.05, 4.69) is 5.32 Å². The number of aryl methyl sites for hydroxylation is 1. The van der Waals surface area contributed by atoms with Crippen molar-refractivity contribution in [3.63, 3.8) is 0 Å². The van der Waals surface area contributed by atoms with Gasteiger partial charge in [-0.3, -0.25) is 0 Å². The van der Waals surface area contributed by atoms with Gasteiger partial charge in [-0.15, -0.1) is 0 Å². The minimum Gasteiger partial charge on any atom is -0.494 e. The molecule has 2 heteroatoms. The van der Waals surface area contributed by atoms with E-state index < -0.39 is 0 Å². The molecule has 0 heterocycles. The highest BCUT2D eigenvalue weighted by Gasteiger charge is 2.01. The van der Waals surface area contributed by atoms with E-state index in [-0.39, 0.29) is 0 Å². The molecule has 1 aromatic carbocycles. The fourth-order valence-corrected chi connectivity index (χ4v) is 1.12.